The van der Waals surface area contributed by atoms with Crippen molar-refractivity contribution in [1.82, 2.24) is 15.5 Å². The van der Waals surface area contributed by atoms with Crippen LogP contribution in [0.3, 0.4) is 0 Å². The number of amides is 2. The summed E-state index contributed by atoms with van der Waals surface area (Å²) in [4.78, 5) is 27.0. The van der Waals surface area contributed by atoms with Gasteiger partial charge in [0, 0.05) is 19.6 Å². The lowest BCUT2D eigenvalue weighted by molar-refractivity contribution is -0.123. The molecule has 2 N–H and O–H groups in total. The molecule has 2 rings (SSSR count). The Hall–Kier alpha value is -1.99. The van der Waals surface area contributed by atoms with Crippen LogP contribution < -0.4 is 10.6 Å². The number of carbonyl (C=O) groups excluding carboxylic acids is 2. The van der Waals surface area contributed by atoms with E-state index in [0.717, 1.165) is 39.3 Å². The molecule has 1 fully saturated rings. The van der Waals surface area contributed by atoms with E-state index in [1.165, 1.54) is 18.2 Å². The maximum atomic E-state index is 13.7. The molecule has 1 heterocycles. The van der Waals surface area contributed by atoms with Gasteiger partial charge in [-0.1, -0.05) is 26.0 Å². The first-order valence-electron chi connectivity index (χ1n) is 9.12. The number of ether oxygens (including phenoxy) is 1. The number of nitrogens with one attached hydrogen (secondary N) is 2. The first kappa shape index (κ1) is 20.3. The lowest BCUT2D eigenvalue weighted by Gasteiger charge is -2.26. The molecule has 1 saturated heterocycles. The van der Waals surface area contributed by atoms with Gasteiger partial charge in [0.2, 0.25) is 5.91 Å². The van der Waals surface area contributed by atoms with Gasteiger partial charge in [-0.05, 0) is 31.0 Å². The van der Waals surface area contributed by atoms with Crippen LogP contribution in [0.5, 0.6) is 0 Å². The fourth-order valence-corrected chi connectivity index (χ4v) is 2.85. The number of nitrogens with zero attached hydrogens (tertiary/aromatic N) is 1. The molecule has 144 valence electrons. The second-order valence-corrected chi connectivity index (χ2v) is 6.77. The third kappa shape index (κ3) is 6.07. The Morgan fingerprint density at radius 3 is 2.58 bits per heavy atom. The predicted octanol–water partition coefficient (Wildman–Crippen LogP) is 1.42. The number of benzene rings is 1. The quantitative estimate of drug-likeness (QED) is 0.684. The molecule has 26 heavy (non-hydrogen) atoms. The minimum atomic E-state index is -0.703. The second-order valence-electron chi connectivity index (χ2n) is 6.77. The Kier molecular flexibility index (Phi) is 8.00. The van der Waals surface area contributed by atoms with E-state index >= 15 is 0 Å². The minimum Gasteiger partial charge on any atom is -0.379 e. The predicted molar refractivity (Wildman–Crippen MR) is 97.4 cm³/mol. The van der Waals surface area contributed by atoms with E-state index in [-0.39, 0.29) is 17.4 Å². The highest BCUT2D eigenvalue weighted by atomic mass is 19.1. The van der Waals surface area contributed by atoms with Crippen LogP contribution in [-0.4, -0.2) is 62.1 Å². The third-order valence-electron chi connectivity index (χ3n) is 4.41. The van der Waals surface area contributed by atoms with Crippen LogP contribution in [-0.2, 0) is 9.53 Å². The zero-order valence-corrected chi connectivity index (χ0v) is 15.5. The fourth-order valence-electron chi connectivity index (χ4n) is 2.85. The Bertz CT molecular complexity index is 603. The highest BCUT2D eigenvalue weighted by Crippen LogP contribution is 2.09. The van der Waals surface area contributed by atoms with Gasteiger partial charge in [0.25, 0.3) is 5.91 Å². The Labute approximate surface area is 154 Å². The van der Waals surface area contributed by atoms with E-state index in [2.05, 4.69) is 15.5 Å². The second kappa shape index (κ2) is 10.2. The zero-order valence-electron chi connectivity index (χ0n) is 15.5. The van der Waals surface area contributed by atoms with E-state index in [1.807, 2.05) is 13.8 Å². The summed E-state index contributed by atoms with van der Waals surface area (Å²) >= 11 is 0. The number of carbonyl (C=O) groups is 2. The van der Waals surface area contributed by atoms with Crippen molar-refractivity contribution in [1.29, 1.82) is 0 Å². The van der Waals surface area contributed by atoms with Gasteiger partial charge in [-0.25, -0.2) is 4.39 Å². The van der Waals surface area contributed by atoms with Crippen LogP contribution in [0.15, 0.2) is 24.3 Å². The van der Waals surface area contributed by atoms with Crippen LogP contribution >= 0.6 is 0 Å². The molecule has 7 heteroatoms. The summed E-state index contributed by atoms with van der Waals surface area (Å²) in [5, 5.41) is 5.52. The lowest BCUT2D eigenvalue weighted by atomic mass is 10.0. The van der Waals surface area contributed by atoms with Gasteiger partial charge in [0.05, 0.1) is 18.8 Å². The summed E-state index contributed by atoms with van der Waals surface area (Å²) < 4.78 is 19.0. The highest BCUT2D eigenvalue weighted by Gasteiger charge is 2.25. The van der Waals surface area contributed by atoms with Crippen LogP contribution in [0.4, 0.5) is 4.39 Å². The zero-order chi connectivity index (χ0) is 18.9. The normalized spacial score (nSPS) is 16.3. The Morgan fingerprint density at radius 1 is 1.23 bits per heavy atom. The largest absolute Gasteiger partial charge is 0.379 e. The molecule has 1 aromatic carbocycles. The molecule has 1 aromatic rings. The van der Waals surface area contributed by atoms with E-state index in [1.54, 1.807) is 6.07 Å². The summed E-state index contributed by atoms with van der Waals surface area (Å²) in [7, 11) is 0. The maximum absolute atomic E-state index is 13.7. The van der Waals surface area contributed by atoms with Crippen LogP contribution in [0.1, 0.15) is 30.6 Å². The topological polar surface area (TPSA) is 70.7 Å². The number of morpholine rings is 1. The van der Waals surface area contributed by atoms with Gasteiger partial charge >= 0.3 is 0 Å². The maximum Gasteiger partial charge on any atom is 0.254 e. The Morgan fingerprint density at radius 2 is 1.92 bits per heavy atom. The number of hydrogen-bond acceptors (Lipinski definition) is 4. The van der Waals surface area contributed by atoms with Gasteiger partial charge in [-0.3, -0.25) is 14.5 Å². The lowest BCUT2D eigenvalue weighted by Crippen LogP contribution is -2.50. The van der Waals surface area contributed by atoms with Crippen LogP contribution in [0.25, 0.3) is 0 Å². The smallest absolute Gasteiger partial charge is 0.254 e. The highest BCUT2D eigenvalue weighted by molar-refractivity contribution is 5.97. The van der Waals surface area contributed by atoms with E-state index in [4.69, 9.17) is 4.74 Å². The molecule has 0 bridgehead atoms. The van der Waals surface area contributed by atoms with Crippen LogP contribution in [0.2, 0.25) is 0 Å². The molecular weight excluding hydrogens is 337 g/mol. The van der Waals surface area contributed by atoms with Crippen LogP contribution in [0, 0.1) is 11.7 Å². The van der Waals surface area contributed by atoms with Crippen molar-refractivity contribution in [2.75, 3.05) is 39.4 Å². The van der Waals surface area contributed by atoms with Crippen molar-refractivity contribution >= 4 is 11.8 Å². The van der Waals surface area contributed by atoms with Crippen molar-refractivity contribution in [3.63, 3.8) is 0 Å². The summed E-state index contributed by atoms with van der Waals surface area (Å²) in [6.45, 7) is 8.47. The molecule has 0 aliphatic carbocycles. The average Bonchev–Trinajstić information content (AvgIpc) is 2.64. The summed E-state index contributed by atoms with van der Waals surface area (Å²) in [6.07, 6.45) is 0.831. The average molecular weight is 365 g/mol. The summed E-state index contributed by atoms with van der Waals surface area (Å²) in [5.74, 6) is -1.53. The molecule has 0 radical (unpaired) electrons. The molecule has 0 spiro atoms. The summed E-state index contributed by atoms with van der Waals surface area (Å²) in [6, 6.07) is 5.04. The molecule has 2 amide bonds. The van der Waals surface area contributed by atoms with Gasteiger partial charge in [-0.15, -0.1) is 0 Å². The van der Waals surface area contributed by atoms with Gasteiger partial charge in [0.1, 0.15) is 11.9 Å². The van der Waals surface area contributed by atoms with Crippen molar-refractivity contribution < 1.29 is 18.7 Å². The molecule has 1 atom stereocenters. The number of rotatable bonds is 8. The van der Waals surface area contributed by atoms with E-state index in [0.29, 0.717) is 6.54 Å². The molecule has 1 aliphatic rings. The van der Waals surface area contributed by atoms with Gasteiger partial charge < -0.3 is 15.4 Å². The third-order valence-corrected chi connectivity index (χ3v) is 4.41. The number of hydrogen-bond donors (Lipinski definition) is 2. The van der Waals surface area contributed by atoms with E-state index in [9.17, 15) is 14.0 Å². The molecular formula is C19H28FN3O3. The van der Waals surface area contributed by atoms with E-state index < -0.39 is 17.8 Å². The van der Waals surface area contributed by atoms with Crippen molar-refractivity contribution in [3.05, 3.63) is 35.6 Å². The molecule has 1 unspecified atom stereocenters. The van der Waals surface area contributed by atoms with Gasteiger partial charge in [0.15, 0.2) is 0 Å². The van der Waals surface area contributed by atoms with Crippen molar-refractivity contribution in [3.8, 4) is 0 Å². The fraction of sp³-hybridized carbons (Fsp3) is 0.579. The van der Waals surface area contributed by atoms with Gasteiger partial charge in [-0.2, -0.15) is 0 Å². The monoisotopic (exact) mass is 365 g/mol. The molecule has 6 nitrogen and oxygen atoms in total. The standard InChI is InChI=1S/C19H28FN3O3/c1-14(2)17(22-18(24)15-6-3-4-7-16(15)20)19(25)21-8-5-9-23-10-12-26-13-11-23/h3-4,6-7,14,17H,5,8-13H2,1-2H3,(H,21,25)(H,22,24). The number of halogens is 1. The first-order valence-corrected chi connectivity index (χ1v) is 9.12. The molecule has 0 saturated carbocycles. The first-order chi connectivity index (χ1) is 12.5. The summed E-state index contributed by atoms with van der Waals surface area (Å²) in [5.41, 5.74) is -0.0572. The van der Waals surface area contributed by atoms with Crippen molar-refractivity contribution in [2.45, 2.75) is 26.3 Å². The SMILES string of the molecule is CC(C)C(NC(=O)c1ccccc1F)C(=O)NCCCN1CCOCC1. The van der Waals surface area contributed by atoms with Crippen molar-refractivity contribution in [2.24, 2.45) is 5.92 Å². The molecule has 0 aromatic heterocycles. The minimum absolute atomic E-state index is 0.0572. The molecule has 1 aliphatic heterocycles. The Balaban J connectivity index is 1.81.